The van der Waals surface area contributed by atoms with Gasteiger partial charge in [0.2, 0.25) is 0 Å². The smallest absolute Gasteiger partial charge is 0.258 e. The fraction of sp³-hybridized carbons (Fsp3) is 0.238. The number of rotatable bonds is 3. The van der Waals surface area contributed by atoms with Crippen LogP contribution in [-0.4, -0.2) is 21.0 Å². The highest BCUT2D eigenvalue weighted by Crippen LogP contribution is 2.24. The van der Waals surface area contributed by atoms with Gasteiger partial charge >= 0.3 is 0 Å². The summed E-state index contributed by atoms with van der Waals surface area (Å²) >= 11 is 0. The van der Waals surface area contributed by atoms with E-state index in [4.69, 9.17) is 0 Å². The first-order chi connectivity index (χ1) is 12.2. The maximum atomic E-state index is 12.8. The van der Waals surface area contributed by atoms with Crippen LogP contribution in [0, 0.1) is 0 Å². The van der Waals surface area contributed by atoms with Crippen LogP contribution in [0.2, 0.25) is 0 Å². The van der Waals surface area contributed by atoms with Crippen molar-refractivity contribution in [2.75, 3.05) is 6.54 Å². The number of aromatic nitrogens is 2. The third-order valence-electron chi connectivity index (χ3n) is 4.93. The fourth-order valence-corrected chi connectivity index (χ4v) is 3.59. The number of pyridine rings is 2. The van der Waals surface area contributed by atoms with Crippen molar-refractivity contribution in [2.45, 2.75) is 19.5 Å². The molecule has 2 aromatic heterocycles. The van der Waals surface area contributed by atoms with E-state index >= 15 is 0 Å². The topological polar surface area (TPSA) is 38.1 Å². The molecule has 3 aromatic rings. The van der Waals surface area contributed by atoms with E-state index in [0.29, 0.717) is 0 Å². The SMILES string of the molecule is Cn1c2c(cc(-c3ccccc3)c1=O)CN(Cc1ccncc1)CC2. The van der Waals surface area contributed by atoms with Gasteiger partial charge in [-0.2, -0.15) is 0 Å². The highest BCUT2D eigenvalue weighted by Gasteiger charge is 2.21. The minimum Gasteiger partial charge on any atom is -0.315 e. The van der Waals surface area contributed by atoms with Crippen LogP contribution in [0.3, 0.4) is 0 Å². The lowest BCUT2D eigenvalue weighted by Gasteiger charge is -2.30. The van der Waals surface area contributed by atoms with Crippen molar-refractivity contribution in [1.82, 2.24) is 14.5 Å². The molecule has 3 heterocycles. The van der Waals surface area contributed by atoms with Crippen LogP contribution in [0.5, 0.6) is 0 Å². The molecule has 0 fully saturated rings. The molecule has 4 heteroatoms. The van der Waals surface area contributed by atoms with E-state index in [1.54, 1.807) is 0 Å². The first kappa shape index (κ1) is 15.8. The monoisotopic (exact) mass is 331 g/mol. The third-order valence-corrected chi connectivity index (χ3v) is 4.93. The standard InChI is InChI=1S/C21H21N3O/c1-23-20-9-12-24(14-16-7-10-22-11-8-16)15-18(20)13-19(21(23)25)17-5-3-2-4-6-17/h2-8,10-11,13H,9,12,14-15H2,1H3. The average molecular weight is 331 g/mol. The number of nitrogens with zero attached hydrogens (tertiary/aromatic N) is 3. The van der Waals surface area contributed by atoms with Crippen LogP contribution >= 0.6 is 0 Å². The quantitative estimate of drug-likeness (QED) is 0.740. The van der Waals surface area contributed by atoms with Crippen LogP contribution in [-0.2, 0) is 26.6 Å². The van der Waals surface area contributed by atoms with Gasteiger partial charge in [0, 0.05) is 56.8 Å². The lowest BCUT2D eigenvalue weighted by atomic mass is 9.99. The highest BCUT2D eigenvalue weighted by atomic mass is 16.1. The van der Waals surface area contributed by atoms with E-state index < -0.39 is 0 Å². The fourth-order valence-electron chi connectivity index (χ4n) is 3.59. The van der Waals surface area contributed by atoms with Crippen LogP contribution in [0.15, 0.2) is 65.7 Å². The van der Waals surface area contributed by atoms with Crippen LogP contribution in [0.1, 0.15) is 16.8 Å². The zero-order chi connectivity index (χ0) is 17.2. The van der Waals surface area contributed by atoms with E-state index in [0.717, 1.165) is 42.9 Å². The normalized spacial score (nSPS) is 14.3. The van der Waals surface area contributed by atoms with E-state index in [1.807, 2.05) is 54.3 Å². The summed E-state index contributed by atoms with van der Waals surface area (Å²) in [5.74, 6) is 0. The van der Waals surface area contributed by atoms with Gasteiger partial charge in [0.05, 0.1) is 0 Å². The van der Waals surface area contributed by atoms with Gasteiger partial charge in [-0.3, -0.25) is 14.7 Å². The molecule has 0 amide bonds. The van der Waals surface area contributed by atoms with Gasteiger partial charge in [-0.15, -0.1) is 0 Å². The summed E-state index contributed by atoms with van der Waals surface area (Å²) in [4.78, 5) is 19.3. The van der Waals surface area contributed by atoms with E-state index in [-0.39, 0.29) is 5.56 Å². The second-order valence-electron chi connectivity index (χ2n) is 6.58. The van der Waals surface area contributed by atoms with E-state index in [2.05, 4.69) is 28.1 Å². The van der Waals surface area contributed by atoms with Crippen LogP contribution in [0.4, 0.5) is 0 Å². The van der Waals surface area contributed by atoms with Gasteiger partial charge in [0.25, 0.3) is 5.56 Å². The molecule has 0 saturated heterocycles. The predicted molar refractivity (Wildman–Crippen MR) is 99.2 cm³/mol. The van der Waals surface area contributed by atoms with Gasteiger partial charge in [-0.1, -0.05) is 30.3 Å². The zero-order valence-electron chi connectivity index (χ0n) is 14.4. The maximum Gasteiger partial charge on any atom is 0.258 e. The number of fused-ring (bicyclic) bond motifs is 1. The van der Waals surface area contributed by atoms with Gasteiger partial charge in [0.1, 0.15) is 0 Å². The summed E-state index contributed by atoms with van der Waals surface area (Å²) < 4.78 is 1.83. The van der Waals surface area contributed by atoms with E-state index in [9.17, 15) is 4.79 Å². The van der Waals surface area contributed by atoms with Gasteiger partial charge in [-0.25, -0.2) is 0 Å². The Balaban J connectivity index is 1.67. The number of hydrogen-bond donors (Lipinski definition) is 0. The second kappa shape index (κ2) is 6.65. The maximum absolute atomic E-state index is 12.8. The molecule has 0 unspecified atom stereocenters. The largest absolute Gasteiger partial charge is 0.315 e. The molecule has 4 rings (SSSR count). The molecular weight excluding hydrogens is 310 g/mol. The Morgan fingerprint density at radius 1 is 1.08 bits per heavy atom. The summed E-state index contributed by atoms with van der Waals surface area (Å²) in [6.07, 6.45) is 4.58. The van der Waals surface area contributed by atoms with Crippen molar-refractivity contribution in [1.29, 1.82) is 0 Å². The Morgan fingerprint density at radius 3 is 2.60 bits per heavy atom. The molecule has 1 aliphatic rings. The Labute approximate surface area is 147 Å². The van der Waals surface area contributed by atoms with Crippen LogP contribution < -0.4 is 5.56 Å². The minimum absolute atomic E-state index is 0.0903. The Bertz CT molecular complexity index is 933. The summed E-state index contributed by atoms with van der Waals surface area (Å²) in [5.41, 5.74) is 5.54. The molecule has 0 spiro atoms. The molecule has 0 aliphatic carbocycles. The van der Waals surface area contributed by atoms with Crippen molar-refractivity contribution in [2.24, 2.45) is 7.05 Å². The van der Waals surface area contributed by atoms with E-state index in [1.165, 1.54) is 11.1 Å². The van der Waals surface area contributed by atoms with Crippen molar-refractivity contribution in [3.05, 3.63) is 88.1 Å². The molecule has 0 N–H and O–H groups in total. The predicted octanol–water partition coefficient (Wildman–Crippen LogP) is 3.01. The molecule has 1 aliphatic heterocycles. The molecule has 4 nitrogen and oxygen atoms in total. The molecule has 0 radical (unpaired) electrons. The van der Waals surface area contributed by atoms with Crippen LogP contribution in [0.25, 0.3) is 11.1 Å². The number of benzene rings is 1. The van der Waals surface area contributed by atoms with Gasteiger partial charge in [0.15, 0.2) is 0 Å². The van der Waals surface area contributed by atoms with Crippen molar-refractivity contribution in [3.63, 3.8) is 0 Å². The van der Waals surface area contributed by atoms with Crippen molar-refractivity contribution < 1.29 is 0 Å². The zero-order valence-corrected chi connectivity index (χ0v) is 14.4. The molecule has 1 aromatic carbocycles. The molecule has 126 valence electrons. The Kier molecular flexibility index (Phi) is 4.20. The Hall–Kier alpha value is -2.72. The Morgan fingerprint density at radius 2 is 1.84 bits per heavy atom. The molecular formula is C21H21N3O. The van der Waals surface area contributed by atoms with Crippen molar-refractivity contribution in [3.8, 4) is 11.1 Å². The minimum atomic E-state index is 0.0903. The lowest BCUT2D eigenvalue weighted by Crippen LogP contribution is -2.35. The molecule has 0 bridgehead atoms. The lowest BCUT2D eigenvalue weighted by molar-refractivity contribution is 0.241. The van der Waals surface area contributed by atoms with Gasteiger partial charge in [-0.05, 0) is 34.9 Å². The third kappa shape index (κ3) is 3.13. The molecule has 0 atom stereocenters. The van der Waals surface area contributed by atoms with Crippen molar-refractivity contribution >= 4 is 0 Å². The highest BCUT2D eigenvalue weighted by molar-refractivity contribution is 5.63. The average Bonchev–Trinajstić information content (AvgIpc) is 2.66. The second-order valence-corrected chi connectivity index (χ2v) is 6.58. The summed E-state index contributed by atoms with van der Waals surface area (Å²) in [6.45, 7) is 2.74. The first-order valence-corrected chi connectivity index (χ1v) is 8.61. The first-order valence-electron chi connectivity index (χ1n) is 8.61. The summed E-state index contributed by atoms with van der Waals surface area (Å²) in [5, 5.41) is 0. The molecule has 0 saturated carbocycles. The molecule has 25 heavy (non-hydrogen) atoms. The summed E-state index contributed by atoms with van der Waals surface area (Å²) in [7, 11) is 1.89. The number of hydrogen-bond acceptors (Lipinski definition) is 3. The van der Waals surface area contributed by atoms with Gasteiger partial charge < -0.3 is 4.57 Å². The summed E-state index contributed by atoms with van der Waals surface area (Å²) in [6, 6.07) is 16.1.